The molecule has 0 fully saturated rings. The normalized spacial score (nSPS) is 13.7. The lowest BCUT2D eigenvalue weighted by Gasteiger charge is -2.25. The van der Waals surface area contributed by atoms with E-state index in [0.29, 0.717) is 0 Å². The smallest absolute Gasteiger partial charge is 0.407 e. The van der Waals surface area contributed by atoms with Gasteiger partial charge >= 0.3 is 6.09 Å². The Balaban J connectivity index is 2.30. The lowest BCUT2D eigenvalue weighted by atomic mass is 10.1. The van der Waals surface area contributed by atoms with Gasteiger partial charge in [0.1, 0.15) is 12.2 Å². The van der Waals surface area contributed by atoms with Crippen LogP contribution in [0.5, 0.6) is 0 Å². The van der Waals surface area contributed by atoms with Crippen LogP contribution in [0.3, 0.4) is 0 Å². The highest BCUT2D eigenvalue weighted by molar-refractivity contribution is 5.67. The number of carbonyl (C=O) groups excluding carboxylic acids is 1. The van der Waals surface area contributed by atoms with Gasteiger partial charge in [-0.1, -0.05) is 30.3 Å². The third-order valence-electron chi connectivity index (χ3n) is 2.65. The molecule has 2 N–H and O–H groups in total. The Morgan fingerprint density at radius 3 is 2.61 bits per heavy atom. The molecule has 1 atom stereocenters. The summed E-state index contributed by atoms with van der Waals surface area (Å²) in [7, 11) is 1.48. The molecule has 100 valence electrons. The molecule has 0 heterocycles. The van der Waals surface area contributed by atoms with Crippen LogP contribution in [0.4, 0.5) is 4.79 Å². The Hall–Kier alpha value is -1.59. The van der Waals surface area contributed by atoms with Crippen LogP contribution in [0.1, 0.15) is 12.5 Å². The number of hydrogen-bond donors (Lipinski definition) is 2. The van der Waals surface area contributed by atoms with Gasteiger partial charge in [-0.25, -0.2) is 4.79 Å². The van der Waals surface area contributed by atoms with E-state index in [1.165, 1.54) is 7.11 Å². The summed E-state index contributed by atoms with van der Waals surface area (Å²) in [6.07, 6.45) is -0.532. The third-order valence-corrected chi connectivity index (χ3v) is 2.65. The number of carbonyl (C=O) groups is 1. The maximum atomic E-state index is 11.4. The fourth-order valence-corrected chi connectivity index (χ4v) is 1.23. The molecule has 1 unspecified atom stereocenters. The van der Waals surface area contributed by atoms with Crippen LogP contribution in [0.15, 0.2) is 30.3 Å². The van der Waals surface area contributed by atoms with Crippen molar-refractivity contribution < 1.29 is 19.4 Å². The van der Waals surface area contributed by atoms with E-state index in [9.17, 15) is 4.79 Å². The van der Waals surface area contributed by atoms with Gasteiger partial charge in [0.25, 0.3) is 0 Å². The zero-order chi connectivity index (χ0) is 13.4. The van der Waals surface area contributed by atoms with E-state index in [1.807, 2.05) is 30.3 Å². The van der Waals surface area contributed by atoms with E-state index in [2.05, 4.69) is 5.32 Å². The highest BCUT2D eigenvalue weighted by atomic mass is 16.5. The summed E-state index contributed by atoms with van der Waals surface area (Å²) < 4.78 is 10.1. The van der Waals surface area contributed by atoms with Crippen molar-refractivity contribution in [3.63, 3.8) is 0 Å². The first-order valence-corrected chi connectivity index (χ1v) is 5.70. The van der Waals surface area contributed by atoms with Gasteiger partial charge in [0.15, 0.2) is 0 Å². The van der Waals surface area contributed by atoms with Crippen molar-refractivity contribution in [1.82, 2.24) is 5.32 Å². The van der Waals surface area contributed by atoms with Crippen LogP contribution in [0.2, 0.25) is 0 Å². The molecule has 1 aromatic carbocycles. The van der Waals surface area contributed by atoms with E-state index in [4.69, 9.17) is 14.6 Å². The third kappa shape index (κ3) is 4.73. The highest BCUT2D eigenvalue weighted by Crippen LogP contribution is 2.06. The van der Waals surface area contributed by atoms with Gasteiger partial charge in [-0.2, -0.15) is 0 Å². The van der Waals surface area contributed by atoms with Gasteiger partial charge in [0.2, 0.25) is 0 Å². The fraction of sp³-hybridized carbons (Fsp3) is 0.462. The average molecular weight is 253 g/mol. The predicted octanol–water partition coefficient (Wildman–Crippen LogP) is 1.31. The molecule has 0 aliphatic heterocycles. The van der Waals surface area contributed by atoms with Crippen LogP contribution in [0, 0.1) is 0 Å². The van der Waals surface area contributed by atoms with E-state index in [1.54, 1.807) is 6.92 Å². The molecule has 0 aromatic heterocycles. The lowest BCUT2D eigenvalue weighted by molar-refractivity contribution is -0.0356. The molecule has 0 aliphatic rings. The summed E-state index contributed by atoms with van der Waals surface area (Å²) in [5, 5.41) is 11.6. The predicted molar refractivity (Wildman–Crippen MR) is 67.1 cm³/mol. The highest BCUT2D eigenvalue weighted by Gasteiger charge is 2.23. The number of alkyl carbamates (subject to hydrolysis) is 1. The number of ether oxygens (including phenoxy) is 2. The number of rotatable bonds is 6. The summed E-state index contributed by atoms with van der Waals surface area (Å²) >= 11 is 0. The second kappa shape index (κ2) is 6.98. The molecule has 1 amide bonds. The summed E-state index contributed by atoms with van der Waals surface area (Å²) in [6.45, 7) is 1.93. The monoisotopic (exact) mass is 253 g/mol. The summed E-state index contributed by atoms with van der Waals surface area (Å²) in [5.74, 6) is 0. The number of benzene rings is 1. The molecule has 1 rings (SSSR count). The second-order valence-electron chi connectivity index (χ2n) is 4.23. The second-order valence-corrected chi connectivity index (χ2v) is 4.23. The zero-order valence-corrected chi connectivity index (χ0v) is 10.7. The van der Waals surface area contributed by atoms with Crippen molar-refractivity contribution in [3.8, 4) is 0 Å². The minimum Gasteiger partial charge on any atom is -0.445 e. The Bertz CT molecular complexity index is 363. The molecular weight excluding hydrogens is 234 g/mol. The number of hydrogen-bond acceptors (Lipinski definition) is 4. The summed E-state index contributed by atoms with van der Waals surface area (Å²) in [6, 6.07) is 9.41. The maximum Gasteiger partial charge on any atom is 0.407 e. The average Bonchev–Trinajstić information content (AvgIpc) is 2.43. The lowest BCUT2D eigenvalue weighted by Crippen LogP contribution is -2.44. The van der Waals surface area contributed by atoms with Crippen LogP contribution in [-0.2, 0) is 16.1 Å². The number of aliphatic hydroxyl groups is 1. The van der Waals surface area contributed by atoms with Gasteiger partial charge in [0, 0.05) is 7.11 Å². The molecule has 5 nitrogen and oxygen atoms in total. The van der Waals surface area contributed by atoms with E-state index >= 15 is 0 Å². The van der Waals surface area contributed by atoms with Crippen molar-refractivity contribution in [2.75, 3.05) is 20.3 Å². The summed E-state index contributed by atoms with van der Waals surface area (Å²) in [5.41, 5.74) is 0.135. The van der Waals surface area contributed by atoms with E-state index in [0.717, 1.165) is 5.56 Å². The first kappa shape index (κ1) is 14.5. The SMILES string of the molecule is COC(C)(CO)CNC(=O)OCc1ccccc1. The maximum absolute atomic E-state index is 11.4. The van der Waals surface area contributed by atoms with E-state index < -0.39 is 11.7 Å². The van der Waals surface area contributed by atoms with Gasteiger partial charge in [-0.05, 0) is 12.5 Å². The van der Waals surface area contributed by atoms with Crippen molar-refractivity contribution in [2.24, 2.45) is 0 Å². The molecule has 0 radical (unpaired) electrons. The van der Waals surface area contributed by atoms with Crippen LogP contribution >= 0.6 is 0 Å². The molecule has 0 saturated heterocycles. The topological polar surface area (TPSA) is 67.8 Å². The minimum absolute atomic E-state index is 0.178. The van der Waals surface area contributed by atoms with Crippen molar-refractivity contribution in [2.45, 2.75) is 19.1 Å². The van der Waals surface area contributed by atoms with Crippen molar-refractivity contribution in [1.29, 1.82) is 0 Å². The van der Waals surface area contributed by atoms with Crippen LogP contribution < -0.4 is 5.32 Å². The number of amides is 1. The first-order valence-electron chi connectivity index (χ1n) is 5.70. The number of methoxy groups -OCH3 is 1. The molecule has 1 aromatic rings. The molecule has 0 aliphatic carbocycles. The quantitative estimate of drug-likeness (QED) is 0.802. The van der Waals surface area contributed by atoms with Crippen molar-refractivity contribution in [3.05, 3.63) is 35.9 Å². The Kier molecular flexibility index (Phi) is 5.61. The molecular formula is C13H19NO4. The first-order chi connectivity index (χ1) is 8.59. The molecule has 0 saturated carbocycles. The zero-order valence-electron chi connectivity index (χ0n) is 10.7. The van der Waals surface area contributed by atoms with Gasteiger partial charge < -0.3 is 19.9 Å². The summed E-state index contributed by atoms with van der Waals surface area (Å²) in [4.78, 5) is 11.4. The van der Waals surface area contributed by atoms with Crippen molar-refractivity contribution >= 4 is 6.09 Å². The van der Waals surface area contributed by atoms with Gasteiger partial charge in [-0.3, -0.25) is 0 Å². The van der Waals surface area contributed by atoms with Crippen LogP contribution in [0.25, 0.3) is 0 Å². The standard InChI is InChI=1S/C13H19NO4/c1-13(10-15,17-2)9-14-12(16)18-8-11-6-4-3-5-7-11/h3-7,15H,8-10H2,1-2H3,(H,14,16). The van der Waals surface area contributed by atoms with Gasteiger partial charge in [-0.15, -0.1) is 0 Å². The molecule has 0 bridgehead atoms. The Labute approximate surface area is 107 Å². The molecule has 5 heteroatoms. The Morgan fingerprint density at radius 2 is 2.06 bits per heavy atom. The van der Waals surface area contributed by atoms with Gasteiger partial charge in [0.05, 0.1) is 13.2 Å². The fourth-order valence-electron chi connectivity index (χ4n) is 1.23. The molecule has 0 spiro atoms. The number of aliphatic hydroxyl groups excluding tert-OH is 1. The van der Waals surface area contributed by atoms with E-state index in [-0.39, 0.29) is 19.8 Å². The number of nitrogens with one attached hydrogen (secondary N) is 1. The minimum atomic E-state index is -0.786. The molecule has 18 heavy (non-hydrogen) atoms. The van der Waals surface area contributed by atoms with Crippen LogP contribution in [-0.4, -0.2) is 37.1 Å². The largest absolute Gasteiger partial charge is 0.445 e. The Morgan fingerprint density at radius 1 is 1.39 bits per heavy atom.